The van der Waals surface area contributed by atoms with Crippen LogP contribution in [0.5, 0.6) is 0 Å². The average molecular weight is 461 g/mol. The number of aromatic nitrogens is 4. The van der Waals surface area contributed by atoms with E-state index in [1.807, 2.05) is 60.7 Å². The zero-order valence-corrected chi connectivity index (χ0v) is 19.0. The number of para-hydroxylation sites is 1. The second-order valence-electron chi connectivity index (χ2n) is 7.56. The summed E-state index contributed by atoms with van der Waals surface area (Å²) in [6.45, 7) is 3.94. The molecule has 0 radical (unpaired) electrons. The highest BCUT2D eigenvalue weighted by molar-refractivity contribution is 7.99. The Balaban J connectivity index is 1.65. The average Bonchev–Trinajstić information content (AvgIpc) is 3.48. The SMILES string of the molecule is COC(=O)c1ccc(C(C)Sc2nnc3n(-c4ccc(C)cc4)c(=O)c4ccccc4n23)o1. The number of furan rings is 1. The molecule has 0 saturated heterocycles. The lowest BCUT2D eigenvalue weighted by atomic mass is 10.2. The van der Waals surface area contributed by atoms with Gasteiger partial charge in [0.25, 0.3) is 5.56 Å². The maximum Gasteiger partial charge on any atom is 0.373 e. The van der Waals surface area contributed by atoms with Gasteiger partial charge in [-0.3, -0.25) is 9.20 Å². The van der Waals surface area contributed by atoms with E-state index in [1.54, 1.807) is 22.8 Å². The molecule has 0 aliphatic rings. The van der Waals surface area contributed by atoms with Crippen molar-refractivity contribution in [3.63, 3.8) is 0 Å². The molecule has 2 aromatic carbocycles. The van der Waals surface area contributed by atoms with E-state index < -0.39 is 5.97 Å². The van der Waals surface area contributed by atoms with E-state index in [0.29, 0.717) is 27.8 Å². The van der Waals surface area contributed by atoms with Crippen molar-refractivity contribution in [3.8, 4) is 5.69 Å². The van der Waals surface area contributed by atoms with Crippen molar-refractivity contribution >= 4 is 34.4 Å². The molecule has 0 amide bonds. The molecule has 33 heavy (non-hydrogen) atoms. The fourth-order valence-corrected chi connectivity index (χ4v) is 4.61. The van der Waals surface area contributed by atoms with Crippen molar-refractivity contribution in [3.05, 3.63) is 88.1 Å². The molecule has 0 aliphatic heterocycles. The van der Waals surface area contributed by atoms with E-state index in [2.05, 4.69) is 10.2 Å². The van der Waals surface area contributed by atoms with Gasteiger partial charge in [0.1, 0.15) is 5.76 Å². The number of hydrogen-bond acceptors (Lipinski definition) is 7. The number of carbonyl (C=O) groups excluding carboxylic acids is 1. The number of nitrogens with zero attached hydrogens (tertiary/aromatic N) is 4. The third kappa shape index (κ3) is 3.60. The molecule has 166 valence electrons. The second-order valence-corrected chi connectivity index (χ2v) is 8.87. The summed E-state index contributed by atoms with van der Waals surface area (Å²) < 4.78 is 13.8. The van der Waals surface area contributed by atoms with E-state index in [1.165, 1.54) is 18.9 Å². The molecule has 0 fully saturated rings. The molecule has 5 aromatic rings. The molecular formula is C24H20N4O4S. The highest BCUT2D eigenvalue weighted by atomic mass is 32.2. The fourth-order valence-electron chi connectivity index (χ4n) is 3.68. The third-order valence-corrected chi connectivity index (χ3v) is 6.44. The van der Waals surface area contributed by atoms with Crippen LogP contribution in [-0.2, 0) is 4.74 Å². The van der Waals surface area contributed by atoms with Crippen LogP contribution in [0.3, 0.4) is 0 Å². The molecule has 8 nitrogen and oxygen atoms in total. The maximum absolute atomic E-state index is 13.4. The summed E-state index contributed by atoms with van der Waals surface area (Å²) in [6, 6.07) is 18.4. The van der Waals surface area contributed by atoms with Crippen molar-refractivity contribution in [1.82, 2.24) is 19.2 Å². The van der Waals surface area contributed by atoms with Gasteiger partial charge < -0.3 is 9.15 Å². The minimum absolute atomic E-state index is 0.143. The van der Waals surface area contributed by atoms with Gasteiger partial charge in [0, 0.05) is 0 Å². The monoisotopic (exact) mass is 460 g/mol. The van der Waals surface area contributed by atoms with E-state index in [9.17, 15) is 9.59 Å². The summed E-state index contributed by atoms with van der Waals surface area (Å²) in [5, 5.41) is 9.76. The molecule has 0 N–H and O–H groups in total. The van der Waals surface area contributed by atoms with E-state index >= 15 is 0 Å². The van der Waals surface area contributed by atoms with E-state index in [4.69, 9.17) is 9.15 Å². The molecule has 0 spiro atoms. The van der Waals surface area contributed by atoms with Crippen molar-refractivity contribution in [1.29, 1.82) is 0 Å². The number of esters is 1. The first-order valence-electron chi connectivity index (χ1n) is 10.3. The molecule has 0 aliphatic carbocycles. The van der Waals surface area contributed by atoms with Gasteiger partial charge in [-0.25, -0.2) is 9.36 Å². The summed E-state index contributed by atoms with van der Waals surface area (Å²) in [5.41, 5.74) is 2.37. The fraction of sp³-hybridized carbons (Fsp3) is 0.167. The van der Waals surface area contributed by atoms with Crippen molar-refractivity contribution in [2.45, 2.75) is 24.3 Å². The minimum atomic E-state index is -0.528. The summed E-state index contributed by atoms with van der Waals surface area (Å²) in [6.07, 6.45) is 0. The normalized spacial score (nSPS) is 12.3. The van der Waals surface area contributed by atoms with Gasteiger partial charge in [-0.2, -0.15) is 0 Å². The summed E-state index contributed by atoms with van der Waals surface area (Å²) in [4.78, 5) is 25.1. The molecular weight excluding hydrogens is 440 g/mol. The number of rotatable bonds is 5. The van der Waals surface area contributed by atoms with Crippen LogP contribution in [-0.4, -0.2) is 32.2 Å². The van der Waals surface area contributed by atoms with Crippen LogP contribution in [0.25, 0.3) is 22.4 Å². The van der Waals surface area contributed by atoms with E-state index in [-0.39, 0.29) is 16.6 Å². The number of aryl methyl sites for hydroxylation is 1. The summed E-state index contributed by atoms with van der Waals surface area (Å²) >= 11 is 1.42. The van der Waals surface area contributed by atoms with Crippen LogP contribution in [0.2, 0.25) is 0 Å². The maximum atomic E-state index is 13.4. The topological polar surface area (TPSA) is 91.6 Å². The Hall–Kier alpha value is -3.85. The van der Waals surface area contributed by atoms with Crippen LogP contribution in [0.15, 0.2) is 75.0 Å². The van der Waals surface area contributed by atoms with Crippen molar-refractivity contribution in [2.75, 3.05) is 7.11 Å². The van der Waals surface area contributed by atoms with Gasteiger partial charge in [-0.1, -0.05) is 41.6 Å². The Kier molecular flexibility index (Phi) is 5.26. The quantitative estimate of drug-likeness (QED) is 0.280. The first-order chi connectivity index (χ1) is 16.0. The summed E-state index contributed by atoms with van der Waals surface area (Å²) in [7, 11) is 1.31. The molecule has 1 atom stereocenters. The van der Waals surface area contributed by atoms with Gasteiger partial charge in [0.2, 0.25) is 11.5 Å². The lowest BCUT2D eigenvalue weighted by Gasteiger charge is -2.12. The lowest BCUT2D eigenvalue weighted by molar-refractivity contribution is 0.0563. The molecule has 3 heterocycles. The Morgan fingerprint density at radius 2 is 1.82 bits per heavy atom. The van der Waals surface area contributed by atoms with Crippen LogP contribution in [0, 0.1) is 6.92 Å². The Bertz CT molecular complexity index is 1550. The number of thioether (sulfide) groups is 1. The van der Waals surface area contributed by atoms with Crippen LogP contribution in [0.1, 0.15) is 34.1 Å². The molecule has 0 saturated carbocycles. The molecule has 5 rings (SSSR count). The van der Waals surface area contributed by atoms with Gasteiger partial charge in [-0.05, 0) is 50.2 Å². The number of carbonyl (C=O) groups is 1. The smallest absolute Gasteiger partial charge is 0.373 e. The zero-order valence-electron chi connectivity index (χ0n) is 18.2. The Labute approximate surface area is 192 Å². The standard InChI is InChI=1S/C24H20N4O4S/c1-14-8-10-16(11-9-14)27-21(29)17-6-4-5-7-18(17)28-23(27)25-26-24(28)33-15(2)19-12-13-20(32-19)22(30)31-3/h4-13,15H,1-3H3. The van der Waals surface area contributed by atoms with Gasteiger partial charge in [0.15, 0.2) is 5.16 Å². The number of ether oxygens (including phenoxy) is 1. The Morgan fingerprint density at radius 1 is 1.06 bits per heavy atom. The second kappa shape index (κ2) is 8.25. The predicted octanol–water partition coefficient (Wildman–Crippen LogP) is 4.57. The first-order valence-corrected chi connectivity index (χ1v) is 11.2. The summed E-state index contributed by atoms with van der Waals surface area (Å²) in [5.74, 6) is 0.643. The van der Waals surface area contributed by atoms with Crippen molar-refractivity contribution in [2.24, 2.45) is 0 Å². The molecule has 1 unspecified atom stereocenters. The van der Waals surface area contributed by atoms with Crippen LogP contribution in [0.4, 0.5) is 0 Å². The Morgan fingerprint density at radius 3 is 2.58 bits per heavy atom. The van der Waals surface area contributed by atoms with Gasteiger partial charge in [0.05, 0.1) is 29.0 Å². The number of fused-ring (bicyclic) bond motifs is 3. The minimum Gasteiger partial charge on any atom is -0.463 e. The largest absolute Gasteiger partial charge is 0.463 e. The van der Waals surface area contributed by atoms with Crippen LogP contribution >= 0.6 is 11.8 Å². The third-order valence-electron chi connectivity index (χ3n) is 5.38. The highest BCUT2D eigenvalue weighted by Gasteiger charge is 2.22. The highest BCUT2D eigenvalue weighted by Crippen LogP contribution is 2.35. The number of benzene rings is 2. The number of methoxy groups -OCH3 is 1. The predicted molar refractivity (Wildman–Crippen MR) is 125 cm³/mol. The first kappa shape index (κ1) is 21.0. The van der Waals surface area contributed by atoms with Gasteiger partial charge in [-0.15, -0.1) is 10.2 Å². The molecule has 3 aromatic heterocycles. The molecule has 0 bridgehead atoms. The van der Waals surface area contributed by atoms with Crippen LogP contribution < -0.4 is 5.56 Å². The number of hydrogen-bond donors (Lipinski definition) is 0. The zero-order chi connectivity index (χ0) is 23.1. The van der Waals surface area contributed by atoms with E-state index in [0.717, 1.165) is 11.1 Å². The molecule has 9 heteroatoms. The van der Waals surface area contributed by atoms with Crippen molar-refractivity contribution < 1.29 is 13.9 Å². The lowest BCUT2D eigenvalue weighted by Crippen LogP contribution is -2.21. The van der Waals surface area contributed by atoms with Gasteiger partial charge >= 0.3 is 5.97 Å².